The topological polar surface area (TPSA) is 56.8 Å². The summed E-state index contributed by atoms with van der Waals surface area (Å²) in [4.78, 5) is 35.5. The van der Waals surface area contributed by atoms with Gasteiger partial charge in [-0.2, -0.15) is 0 Å². The Kier molecular flexibility index (Phi) is 6.18. The number of amides is 2. The number of aromatic nitrogens is 1. The highest BCUT2D eigenvalue weighted by molar-refractivity contribution is 7.14. The number of anilines is 1. The summed E-state index contributed by atoms with van der Waals surface area (Å²) in [6, 6.07) is 7.54. The van der Waals surface area contributed by atoms with E-state index in [1.165, 1.54) is 0 Å². The Labute approximate surface area is 180 Å². The van der Waals surface area contributed by atoms with Crippen molar-refractivity contribution in [1.82, 2.24) is 14.8 Å². The third-order valence-electron chi connectivity index (χ3n) is 5.36. The van der Waals surface area contributed by atoms with Crippen molar-refractivity contribution in [3.05, 3.63) is 45.9 Å². The van der Waals surface area contributed by atoms with Crippen LogP contribution in [0.15, 0.2) is 29.6 Å². The molecule has 1 saturated heterocycles. The Morgan fingerprint density at radius 2 is 2.00 bits per heavy atom. The molecule has 0 spiro atoms. The van der Waals surface area contributed by atoms with Crippen LogP contribution in [0.1, 0.15) is 42.2 Å². The normalized spacial score (nSPS) is 17.8. The number of halogens is 1. The van der Waals surface area contributed by atoms with E-state index in [-0.39, 0.29) is 11.8 Å². The summed E-state index contributed by atoms with van der Waals surface area (Å²) in [5, 5.41) is 3.35. The Morgan fingerprint density at radius 3 is 2.72 bits per heavy atom. The Morgan fingerprint density at radius 1 is 1.21 bits per heavy atom. The van der Waals surface area contributed by atoms with Crippen LogP contribution in [0.2, 0.25) is 5.02 Å². The van der Waals surface area contributed by atoms with Gasteiger partial charge in [0.25, 0.3) is 5.91 Å². The first-order chi connectivity index (χ1) is 14.0. The maximum Gasteiger partial charge on any atom is 0.255 e. The number of hydrogen-bond acceptors (Lipinski definition) is 5. The van der Waals surface area contributed by atoms with E-state index >= 15 is 0 Å². The number of rotatable bonds is 5. The lowest BCUT2D eigenvalue weighted by atomic mass is 10.2. The first-order valence-corrected chi connectivity index (χ1v) is 11.3. The molecule has 2 amide bonds. The van der Waals surface area contributed by atoms with Crippen LogP contribution in [0.3, 0.4) is 0 Å². The van der Waals surface area contributed by atoms with Crippen molar-refractivity contribution in [2.24, 2.45) is 0 Å². The number of carbonyl (C=O) groups excluding carboxylic acids is 2. The fourth-order valence-corrected chi connectivity index (χ4v) is 4.87. The van der Waals surface area contributed by atoms with E-state index < -0.39 is 0 Å². The molecular formula is C21H25ClN4O2S. The van der Waals surface area contributed by atoms with Gasteiger partial charge in [0.2, 0.25) is 5.91 Å². The minimum Gasteiger partial charge on any atom is -0.337 e. The quantitative estimate of drug-likeness (QED) is 0.723. The number of nitrogens with zero attached hydrogens (tertiary/aromatic N) is 4. The van der Waals surface area contributed by atoms with E-state index in [0.29, 0.717) is 23.2 Å². The van der Waals surface area contributed by atoms with E-state index in [1.807, 2.05) is 27.3 Å². The lowest BCUT2D eigenvalue weighted by molar-refractivity contribution is -0.116. The molecule has 0 unspecified atom stereocenters. The lowest BCUT2D eigenvalue weighted by Gasteiger charge is -2.22. The smallest absolute Gasteiger partial charge is 0.255 e. The fourth-order valence-electron chi connectivity index (χ4n) is 3.73. The van der Waals surface area contributed by atoms with Crippen molar-refractivity contribution >= 4 is 39.9 Å². The molecule has 1 aromatic carbocycles. The zero-order valence-electron chi connectivity index (χ0n) is 16.5. The maximum atomic E-state index is 12.8. The summed E-state index contributed by atoms with van der Waals surface area (Å²) in [7, 11) is 0. The molecule has 1 aromatic heterocycles. The summed E-state index contributed by atoms with van der Waals surface area (Å²) in [6.45, 7) is 5.45. The highest BCUT2D eigenvalue weighted by atomic mass is 35.5. The van der Waals surface area contributed by atoms with E-state index in [2.05, 4.69) is 4.90 Å². The van der Waals surface area contributed by atoms with Gasteiger partial charge >= 0.3 is 0 Å². The highest BCUT2D eigenvalue weighted by Crippen LogP contribution is 2.33. The monoisotopic (exact) mass is 432 g/mol. The molecule has 154 valence electrons. The van der Waals surface area contributed by atoms with Crippen LogP contribution in [-0.4, -0.2) is 58.8 Å². The minimum absolute atomic E-state index is 0.00470. The van der Waals surface area contributed by atoms with Gasteiger partial charge in [-0.15, -0.1) is 11.3 Å². The van der Waals surface area contributed by atoms with Gasteiger partial charge in [-0.1, -0.05) is 23.7 Å². The number of hydrogen-bond donors (Lipinski definition) is 0. The summed E-state index contributed by atoms with van der Waals surface area (Å²) in [6.07, 6.45) is 3.04. The van der Waals surface area contributed by atoms with Crippen LogP contribution >= 0.6 is 22.9 Å². The summed E-state index contributed by atoms with van der Waals surface area (Å²) in [5.74, 6) is 0.0619. The SMILES string of the molecule is CC(=O)N(c1nc(CN2CCCN(C(=O)c3ccccc3Cl)CC2)cs1)C1CC1. The molecule has 2 heterocycles. The van der Waals surface area contributed by atoms with Crippen molar-refractivity contribution in [2.75, 3.05) is 31.1 Å². The summed E-state index contributed by atoms with van der Waals surface area (Å²) < 4.78 is 0. The molecule has 2 aromatic rings. The Hall–Kier alpha value is -1.96. The maximum absolute atomic E-state index is 12.8. The van der Waals surface area contributed by atoms with Gasteiger partial charge in [-0.05, 0) is 31.4 Å². The summed E-state index contributed by atoms with van der Waals surface area (Å²) >= 11 is 7.74. The molecule has 0 atom stereocenters. The average Bonchev–Trinajstić information content (AvgIpc) is 3.46. The second kappa shape index (κ2) is 8.81. The predicted octanol–water partition coefficient (Wildman–Crippen LogP) is 3.66. The third kappa shape index (κ3) is 4.79. The number of carbonyl (C=O) groups is 2. The minimum atomic E-state index is -0.00470. The lowest BCUT2D eigenvalue weighted by Crippen LogP contribution is -2.35. The number of benzene rings is 1. The molecule has 1 aliphatic heterocycles. The van der Waals surface area contributed by atoms with Gasteiger partial charge in [0, 0.05) is 51.1 Å². The molecule has 0 radical (unpaired) electrons. The van der Waals surface area contributed by atoms with Crippen molar-refractivity contribution < 1.29 is 9.59 Å². The van der Waals surface area contributed by atoms with E-state index in [0.717, 1.165) is 56.3 Å². The fraction of sp³-hybridized carbons (Fsp3) is 0.476. The van der Waals surface area contributed by atoms with Crippen LogP contribution < -0.4 is 4.90 Å². The van der Waals surface area contributed by atoms with Gasteiger partial charge in [0.05, 0.1) is 16.3 Å². The van der Waals surface area contributed by atoms with E-state index in [1.54, 1.807) is 30.4 Å². The first kappa shape index (κ1) is 20.3. The van der Waals surface area contributed by atoms with Crippen molar-refractivity contribution in [1.29, 1.82) is 0 Å². The van der Waals surface area contributed by atoms with Gasteiger partial charge in [-0.3, -0.25) is 19.4 Å². The third-order valence-corrected chi connectivity index (χ3v) is 6.58. The molecule has 0 bridgehead atoms. The largest absolute Gasteiger partial charge is 0.337 e. The van der Waals surface area contributed by atoms with Gasteiger partial charge in [0.15, 0.2) is 5.13 Å². The molecular weight excluding hydrogens is 408 g/mol. The molecule has 2 aliphatic rings. The molecule has 6 nitrogen and oxygen atoms in total. The molecule has 2 fully saturated rings. The van der Waals surface area contributed by atoms with Gasteiger partial charge < -0.3 is 4.90 Å². The van der Waals surface area contributed by atoms with Gasteiger partial charge in [-0.25, -0.2) is 4.98 Å². The van der Waals surface area contributed by atoms with Crippen LogP contribution in [0.5, 0.6) is 0 Å². The Balaban J connectivity index is 1.36. The van der Waals surface area contributed by atoms with Crippen molar-refractivity contribution in [3.8, 4) is 0 Å². The predicted molar refractivity (Wildman–Crippen MR) is 116 cm³/mol. The Bertz CT molecular complexity index is 898. The first-order valence-electron chi connectivity index (χ1n) is 10.0. The van der Waals surface area contributed by atoms with Crippen LogP contribution in [0, 0.1) is 0 Å². The van der Waals surface area contributed by atoms with Crippen LogP contribution in [-0.2, 0) is 11.3 Å². The molecule has 4 rings (SSSR count). The van der Waals surface area contributed by atoms with Crippen molar-refractivity contribution in [2.45, 2.75) is 38.8 Å². The molecule has 0 N–H and O–H groups in total. The molecule has 1 saturated carbocycles. The standard InChI is InChI=1S/C21H25ClN4O2S/c1-15(27)26(17-7-8-17)21-23-16(14-29-21)13-24-9-4-10-25(12-11-24)20(28)18-5-2-3-6-19(18)22/h2-3,5-6,14,17H,4,7-13H2,1H3. The van der Waals surface area contributed by atoms with E-state index in [9.17, 15) is 9.59 Å². The summed E-state index contributed by atoms with van der Waals surface area (Å²) in [5.41, 5.74) is 1.55. The zero-order valence-corrected chi connectivity index (χ0v) is 18.1. The van der Waals surface area contributed by atoms with Crippen LogP contribution in [0.4, 0.5) is 5.13 Å². The average molecular weight is 433 g/mol. The zero-order chi connectivity index (χ0) is 20.4. The van der Waals surface area contributed by atoms with Gasteiger partial charge in [0.1, 0.15) is 0 Å². The number of thiazole rings is 1. The highest BCUT2D eigenvalue weighted by Gasteiger charge is 2.33. The van der Waals surface area contributed by atoms with E-state index in [4.69, 9.17) is 16.6 Å². The molecule has 8 heteroatoms. The van der Waals surface area contributed by atoms with Crippen molar-refractivity contribution in [3.63, 3.8) is 0 Å². The second-order valence-electron chi connectivity index (χ2n) is 7.64. The van der Waals surface area contributed by atoms with Crippen LogP contribution in [0.25, 0.3) is 0 Å². The second-order valence-corrected chi connectivity index (χ2v) is 8.89. The molecule has 1 aliphatic carbocycles. The molecule has 29 heavy (non-hydrogen) atoms.